The Morgan fingerprint density at radius 2 is 1.76 bits per heavy atom. The Hall–Kier alpha value is -1.87. The highest BCUT2D eigenvalue weighted by Gasteiger charge is 2.09. The third-order valence-electron chi connectivity index (χ3n) is 3.29. The zero-order chi connectivity index (χ0) is 15.3. The van der Waals surface area contributed by atoms with Crippen molar-refractivity contribution < 1.29 is 0 Å². The summed E-state index contributed by atoms with van der Waals surface area (Å²) in [5, 5.41) is 3.51. The summed E-state index contributed by atoms with van der Waals surface area (Å²) in [4.78, 5) is 6.65. The molecule has 112 valence electrons. The van der Waals surface area contributed by atoms with Gasteiger partial charge < -0.3 is 10.2 Å². The average molecular weight is 283 g/mol. The summed E-state index contributed by atoms with van der Waals surface area (Å²) < 4.78 is 0. The van der Waals surface area contributed by atoms with Crippen LogP contribution in [0.25, 0.3) is 0 Å². The van der Waals surface area contributed by atoms with E-state index >= 15 is 0 Å². The van der Waals surface area contributed by atoms with Crippen LogP contribution in [-0.4, -0.2) is 17.6 Å². The van der Waals surface area contributed by atoms with Gasteiger partial charge in [0.25, 0.3) is 0 Å². The lowest BCUT2D eigenvalue weighted by Gasteiger charge is -2.22. The van der Waals surface area contributed by atoms with Crippen LogP contribution in [-0.2, 0) is 13.1 Å². The van der Waals surface area contributed by atoms with E-state index in [1.807, 2.05) is 12.3 Å². The van der Waals surface area contributed by atoms with Crippen LogP contribution >= 0.6 is 0 Å². The quantitative estimate of drug-likeness (QED) is 0.908. The minimum atomic E-state index is 0.124. The topological polar surface area (TPSA) is 28.2 Å². The average Bonchev–Trinajstić information content (AvgIpc) is 2.46. The van der Waals surface area contributed by atoms with E-state index in [0.29, 0.717) is 0 Å². The van der Waals surface area contributed by atoms with Crippen molar-refractivity contribution in [3.8, 4) is 0 Å². The lowest BCUT2D eigenvalue weighted by atomic mass is 10.1. The number of rotatable bonds is 5. The van der Waals surface area contributed by atoms with Crippen LogP contribution in [0.3, 0.4) is 0 Å². The SMILES string of the molecule is CN(Cc1ccccc1)c1cc(CNC(C)(C)C)ccn1. The Bertz CT molecular complexity index is 558. The molecule has 0 aliphatic carbocycles. The molecule has 1 N–H and O–H groups in total. The third kappa shape index (κ3) is 5.20. The zero-order valence-electron chi connectivity index (χ0n) is 13.4. The van der Waals surface area contributed by atoms with Gasteiger partial charge in [-0.05, 0) is 44.0 Å². The summed E-state index contributed by atoms with van der Waals surface area (Å²) in [6.45, 7) is 8.26. The first-order valence-corrected chi connectivity index (χ1v) is 7.39. The Labute approximate surface area is 128 Å². The van der Waals surface area contributed by atoms with Crippen LogP contribution in [0, 0.1) is 0 Å². The highest BCUT2D eigenvalue weighted by Crippen LogP contribution is 2.15. The number of anilines is 1. The normalized spacial score (nSPS) is 11.4. The molecular weight excluding hydrogens is 258 g/mol. The van der Waals surface area contributed by atoms with Crippen molar-refractivity contribution in [1.29, 1.82) is 0 Å². The van der Waals surface area contributed by atoms with Gasteiger partial charge in [-0.15, -0.1) is 0 Å². The van der Waals surface area contributed by atoms with E-state index in [4.69, 9.17) is 0 Å². The van der Waals surface area contributed by atoms with E-state index in [1.165, 1.54) is 11.1 Å². The second kappa shape index (κ2) is 6.72. The largest absolute Gasteiger partial charge is 0.355 e. The van der Waals surface area contributed by atoms with Gasteiger partial charge in [0.2, 0.25) is 0 Å². The van der Waals surface area contributed by atoms with Crippen molar-refractivity contribution in [3.05, 3.63) is 59.8 Å². The van der Waals surface area contributed by atoms with Crippen molar-refractivity contribution in [1.82, 2.24) is 10.3 Å². The minimum Gasteiger partial charge on any atom is -0.355 e. The van der Waals surface area contributed by atoms with Crippen LogP contribution < -0.4 is 10.2 Å². The smallest absolute Gasteiger partial charge is 0.128 e. The molecule has 0 aliphatic rings. The van der Waals surface area contributed by atoms with E-state index in [9.17, 15) is 0 Å². The maximum absolute atomic E-state index is 4.48. The second-order valence-electron chi connectivity index (χ2n) is 6.47. The Kier molecular flexibility index (Phi) is 4.97. The van der Waals surface area contributed by atoms with Crippen molar-refractivity contribution in [2.75, 3.05) is 11.9 Å². The maximum Gasteiger partial charge on any atom is 0.128 e. The molecule has 0 amide bonds. The van der Waals surface area contributed by atoms with E-state index in [1.54, 1.807) is 0 Å². The van der Waals surface area contributed by atoms with Crippen molar-refractivity contribution in [2.24, 2.45) is 0 Å². The van der Waals surface area contributed by atoms with E-state index in [0.717, 1.165) is 18.9 Å². The van der Waals surface area contributed by atoms with E-state index < -0.39 is 0 Å². The van der Waals surface area contributed by atoms with Gasteiger partial charge in [0.05, 0.1) is 0 Å². The van der Waals surface area contributed by atoms with Crippen molar-refractivity contribution >= 4 is 5.82 Å². The van der Waals surface area contributed by atoms with Crippen LogP contribution in [0.2, 0.25) is 0 Å². The summed E-state index contributed by atoms with van der Waals surface area (Å²) in [7, 11) is 2.08. The Balaban J connectivity index is 2.03. The molecule has 2 rings (SSSR count). The summed E-state index contributed by atoms with van der Waals surface area (Å²) in [6, 6.07) is 14.7. The van der Waals surface area contributed by atoms with E-state index in [-0.39, 0.29) is 5.54 Å². The van der Waals surface area contributed by atoms with Gasteiger partial charge in [0, 0.05) is 31.9 Å². The molecule has 3 nitrogen and oxygen atoms in total. The standard InChI is InChI=1S/C18H25N3/c1-18(2,3)20-13-16-10-11-19-17(12-16)21(4)14-15-8-6-5-7-9-15/h5-12,20H,13-14H2,1-4H3. The monoisotopic (exact) mass is 283 g/mol. The third-order valence-corrected chi connectivity index (χ3v) is 3.29. The molecule has 21 heavy (non-hydrogen) atoms. The minimum absolute atomic E-state index is 0.124. The molecule has 0 saturated carbocycles. The summed E-state index contributed by atoms with van der Waals surface area (Å²) in [5.74, 6) is 1.01. The first kappa shape index (κ1) is 15.5. The van der Waals surface area contributed by atoms with E-state index in [2.05, 4.69) is 79.4 Å². The van der Waals surface area contributed by atoms with Gasteiger partial charge in [0.15, 0.2) is 0 Å². The predicted octanol–water partition coefficient (Wildman–Crippen LogP) is 3.61. The molecule has 0 bridgehead atoms. The zero-order valence-corrected chi connectivity index (χ0v) is 13.4. The fourth-order valence-corrected chi connectivity index (χ4v) is 2.08. The van der Waals surface area contributed by atoms with Crippen LogP contribution in [0.15, 0.2) is 48.7 Å². The predicted molar refractivity (Wildman–Crippen MR) is 89.4 cm³/mol. The van der Waals surface area contributed by atoms with Crippen LogP contribution in [0.1, 0.15) is 31.9 Å². The molecule has 0 spiro atoms. The Morgan fingerprint density at radius 1 is 1.05 bits per heavy atom. The molecule has 1 aromatic heterocycles. The molecule has 0 radical (unpaired) electrons. The number of hydrogen-bond donors (Lipinski definition) is 1. The molecule has 0 aliphatic heterocycles. The fraction of sp³-hybridized carbons (Fsp3) is 0.389. The molecular formula is C18H25N3. The number of nitrogens with zero attached hydrogens (tertiary/aromatic N) is 2. The van der Waals surface area contributed by atoms with Crippen LogP contribution in [0.4, 0.5) is 5.82 Å². The van der Waals surface area contributed by atoms with Gasteiger partial charge in [-0.2, -0.15) is 0 Å². The van der Waals surface area contributed by atoms with Crippen molar-refractivity contribution in [2.45, 2.75) is 39.4 Å². The van der Waals surface area contributed by atoms with Crippen molar-refractivity contribution in [3.63, 3.8) is 0 Å². The summed E-state index contributed by atoms with van der Waals surface area (Å²) in [5.41, 5.74) is 2.68. The van der Waals surface area contributed by atoms with Gasteiger partial charge in [-0.25, -0.2) is 4.98 Å². The van der Waals surface area contributed by atoms with Crippen LogP contribution in [0.5, 0.6) is 0 Å². The highest BCUT2D eigenvalue weighted by molar-refractivity contribution is 5.41. The lowest BCUT2D eigenvalue weighted by Crippen LogP contribution is -2.35. The Morgan fingerprint density at radius 3 is 2.43 bits per heavy atom. The molecule has 0 atom stereocenters. The highest BCUT2D eigenvalue weighted by atomic mass is 15.2. The fourth-order valence-electron chi connectivity index (χ4n) is 2.08. The summed E-state index contributed by atoms with van der Waals surface area (Å²) in [6.07, 6.45) is 1.89. The van der Waals surface area contributed by atoms with Gasteiger partial charge in [-0.1, -0.05) is 30.3 Å². The van der Waals surface area contributed by atoms with Gasteiger partial charge in [-0.3, -0.25) is 0 Å². The molecule has 1 aromatic carbocycles. The lowest BCUT2D eigenvalue weighted by molar-refractivity contribution is 0.424. The molecule has 1 heterocycles. The van der Waals surface area contributed by atoms with Gasteiger partial charge in [0.1, 0.15) is 5.82 Å². The number of aromatic nitrogens is 1. The number of pyridine rings is 1. The second-order valence-corrected chi connectivity index (χ2v) is 6.47. The number of benzene rings is 1. The molecule has 0 unspecified atom stereocenters. The molecule has 3 heteroatoms. The first-order chi connectivity index (χ1) is 9.94. The molecule has 0 saturated heterocycles. The summed E-state index contributed by atoms with van der Waals surface area (Å²) >= 11 is 0. The number of nitrogens with one attached hydrogen (secondary N) is 1. The molecule has 0 fully saturated rings. The molecule has 2 aromatic rings. The number of hydrogen-bond acceptors (Lipinski definition) is 3. The first-order valence-electron chi connectivity index (χ1n) is 7.39. The maximum atomic E-state index is 4.48. The van der Waals surface area contributed by atoms with Gasteiger partial charge >= 0.3 is 0 Å².